The van der Waals surface area contributed by atoms with E-state index in [-0.39, 0.29) is 17.3 Å². The van der Waals surface area contributed by atoms with Crippen LogP contribution in [0.3, 0.4) is 0 Å². The fourth-order valence-corrected chi connectivity index (χ4v) is 5.94. The molecule has 4 aliphatic carbocycles. The van der Waals surface area contributed by atoms with Crippen molar-refractivity contribution < 1.29 is 9.53 Å². The Labute approximate surface area is 142 Å². The molecule has 5 rings (SSSR count). The van der Waals surface area contributed by atoms with Gasteiger partial charge in [-0.25, -0.2) is 0 Å². The number of alkyl halides is 1. The van der Waals surface area contributed by atoms with Crippen LogP contribution < -0.4 is 10.1 Å². The van der Waals surface area contributed by atoms with E-state index in [9.17, 15) is 4.79 Å². The van der Waals surface area contributed by atoms with Crippen molar-refractivity contribution in [3.63, 3.8) is 0 Å². The highest BCUT2D eigenvalue weighted by Crippen LogP contribution is 2.63. The number of halogens is 1. The summed E-state index contributed by atoms with van der Waals surface area (Å²) >= 11 is 5.77. The molecule has 4 unspecified atom stereocenters. The zero-order valence-corrected chi connectivity index (χ0v) is 14.6. The van der Waals surface area contributed by atoms with Crippen LogP contribution in [-0.2, 0) is 4.79 Å². The molecule has 0 heterocycles. The van der Waals surface area contributed by atoms with E-state index >= 15 is 0 Å². The van der Waals surface area contributed by atoms with Gasteiger partial charge in [-0.15, -0.1) is 11.6 Å². The number of carbonyl (C=O) groups is 1. The summed E-state index contributed by atoms with van der Waals surface area (Å²) in [6.07, 6.45) is 5.59. The number of ether oxygens (including phenoxy) is 1. The smallest absolute Gasteiger partial charge is 0.235 e. The first-order valence-electron chi connectivity index (χ1n) is 8.51. The Hall–Kier alpha value is -1.22. The molecule has 4 aliphatic rings. The molecule has 2 fully saturated rings. The number of rotatable bonds is 3. The number of methoxy groups -OCH3 is 1. The highest BCUT2D eigenvalue weighted by atomic mass is 35.5. The third-order valence-corrected chi connectivity index (χ3v) is 6.46. The first-order valence-corrected chi connectivity index (χ1v) is 9.04. The van der Waals surface area contributed by atoms with Gasteiger partial charge >= 0.3 is 0 Å². The second-order valence-electron chi connectivity index (χ2n) is 8.15. The van der Waals surface area contributed by atoms with Crippen molar-refractivity contribution >= 4 is 17.5 Å². The molecule has 4 atom stereocenters. The fraction of sp³-hybridized carbons (Fsp3) is 0.632. The first kappa shape index (κ1) is 15.3. The van der Waals surface area contributed by atoms with Gasteiger partial charge < -0.3 is 10.1 Å². The molecule has 2 saturated carbocycles. The molecule has 0 radical (unpaired) electrons. The zero-order chi connectivity index (χ0) is 16.2. The van der Waals surface area contributed by atoms with Gasteiger partial charge in [0.15, 0.2) is 0 Å². The molecule has 3 nitrogen and oxygen atoms in total. The largest absolute Gasteiger partial charge is 0.497 e. The van der Waals surface area contributed by atoms with Gasteiger partial charge in [-0.05, 0) is 72.6 Å². The average Bonchev–Trinajstić information content (AvgIpc) is 2.65. The average molecular weight is 334 g/mol. The van der Waals surface area contributed by atoms with Gasteiger partial charge in [-0.2, -0.15) is 0 Å². The van der Waals surface area contributed by atoms with Crippen LogP contribution in [0.5, 0.6) is 5.75 Å². The van der Waals surface area contributed by atoms with Gasteiger partial charge in [-0.3, -0.25) is 4.79 Å². The normalized spacial score (nSPS) is 37.2. The van der Waals surface area contributed by atoms with Gasteiger partial charge in [0, 0.05) is 5.54 Å². The lowest BCUT2D eigenvalue weighted by atomic mass is 9.55. The SMILES string of the molecule is COc1ccc2c(c1)C1CC3(C)CC2CC(NC(=O)CCl)(C1)C3. The molecule has 0 aromatic heterocycles. The highest BCUT2D eigenvalue weighted by molar-refractivity contribution is 6.27. The van der Waals surface area contributed by atoms with Gasteiger partial charge in [0.25, 0.3) is 0 Å². The van der Waals surface area contributed by atoms with Crippen LogP contribution in [-0.4, -0.2) is 24.4 Å². The van der Waals surface area contributed by atoms with Crippen LogP contribution in [0.4, 0.5) is 0 Å². The van der Waals surface area contributed by atoms with E-state index < -0.39 is 0 Å². The summed E-state index contributed by atoms with van der Waals surface area (Å²) in [6.45, 7) is 2.40. The number of hydrogen-bond donors (Lipinski definition) is 1. The van der Waals surface area contributed by atoms with Gasteiger partial charge in [0.1, 0.15) is 11.6 Å². The molecule has 1 amide bonds. The topological polar surface area (TPSA) is 38.3 Å². The minimum atomic E-state index is -0.0845. The van der Waals surface area contributed by atoms with Crippen molar-refractivity contribution in [2.75, 3.05) is 13.0 Å². The second-order valence-corrected chi connectivity index (χ2v) is 8.42. The molecule has 0 saturated heterocycles. The van der Waals surface area contributed by atoms with Crippen molar-refractivity contribution in [2.45, 2.75) is 56.4 Å². The van der Waals surface area contributed by atoms with E-state index in [1.165, 1.54) is 24.0 Å². The number of amides is 1. The molecular formula is C19H24ClNO2. The molecule has 23 heavy (non-hydrogen) atoms. The lowest BCUT2D eigenvalue weighted by Gasteiger charge is -2.54. The lowest BCUT2D eigenvalue weighted by Crippen LogP contribution is -2.57. The number of nitrogens with one attached hydrogen (secondary N) is 1. The monoisotopic (exact) mass is 333 g/mol. The summed E-state index contributed by atoms with van der Waals surface area (Å²) in [5.74, 6) is 1.99. The Morgan fingerprint density at radius 1 is 1.26 bits per heavy atom. The minimum Gasteiger partial charge on any atom is -0.497 e. The quantitative estimate of drug-likeness (QED) is 0.850. The van der Waals surface area contributed by atoms with E-state index in [2.05, 4.69) is 30.4 Å². The van der Waals surface area contributed by atoms with Crippen molar-refractivity contribution in [2.24, 2.45) is 5.41 Å². The van der Waals surface area contributed by atoms with E-state index in [1.807, 2.05) is 0 Å². The summed E-state index contributed by atoms with van der Waals surface area (Å²) in [5, 5.41) is 3.30. The Kier molecular flexibility index (Phi) is 3.42. The predicted molar refractivity (Wildman–Crippen MR) is 91.3 cm³/mol. The van der Waals surface area contributed by atoms with Crippen molar-refractivity contribution in [1.29, 1.82) is 0 Å². The summed E-state index contributed by atoms with van der Waals surface area (Å²) in [5.41, 5.74) is 3.14. The summed E-state index contributed by atoms with van der Waals surface area (Å²) in [4.78, 5) is 12.0. The van der Waals surface area contributed by atoms with Gasteiger partial charge in [-0.1, -0.05) is 13.0 Å². The molecule has 1 aromatic rings. The predicted octanol–water partition coefficient (Wildman–Crippen LogP) is 3.95. The van der Waals surface area contributed by atoms with Crippen molar-refractivity contribution in [3.8, 4) is 5.75 Å². The van der Waals surface area contributed by atoms with Crippen LogP contribution in [0.25, 0.3) is 0 Å². The van der Waals surface area contributed by atoms with Gasteiger partial charge in [0.2, 0.25) is 5.91 Å². The second kappa shape index (κ2) is 5.14. The van der Waals surface area contributed by atoms with Crippen LogP contribution >= 0.6 is 11.6 Å². The number of hydrogen-bond acceptors (Lipinski definition) is 2. The van der Waals surface area contributed by atoms with E-state index in [0.29, 0.717) is 17.3 Å². The number of benzene rings is 1. The third kappa shape index (κ3) is 2.44. The maximum absolute atomic E-state index is 12.0. The zero-order valence-electron chi connectivity index (χ0n) is 13.8. The summed E-state index contributed by atoms with van der Waals surface area (Å²) in [6, 6.07) is 6.56. The van der Waals surface area contributed by atoms with Gasteiger partial charge in [0.05, 0.1) is 7.11 Å². The summed E-state index contributed by atoms with van der Waals surface area (Å²) < 4.78 is 5.45. The van der Waals surface area contributed by atoms with E-state index in [0.717, 1.165) is 25.0 Å². The molecule has 1 aromatic carbocycles. The maximum atomic E-state index is 12.0. The molecule has 0 spiro atoms. The standard InChI is InChI=1S/C19H24ClNO2/c1-18-6-12-8-19(11-18,21-17(22)10-20)9-13(7-18)16-5-14(23-2)3-4-15(12)16/h3-5,12-13H,6-11H2,1-2H3,(H,21,22). The number of carbonyl (C=O) groups excluding carboxylic acids is 1. The molecular weight excluding hydrogens is 310 g/mol. The van der Waals surface area contributed by atoms with Crippen LogP contribution in [0.1, 0.15) is 62.0 Å². The van der Waals surface area contributed by atoms with E-state index in [1.54, 1.807) is 7.11 Å². The van der Waals surface area contributed by atoms with Crippen LogP contribution in [0.2, 0.25) is 0 Å². The van der Waals surface area contributed by atoms with Crippen LogP contribution in [0.15, 0.2) is 18.2 Å². The Morgan fingerprint density at radius 3 is 2.61 bits per heavy atom. The molecule has 0 aliphatic heterocycles. The minimum absolute atomic E-state index is 0.0288. The van der Waals surface area contributed by atoms with Crippen molar-refractivity contribution in [1.82, 2.24) is 5.32 Å². The first-order chi connectivity index (χ1) is 11.0. The Bertz CT molecular complexity index is 661. The fourth-order valence-electron chi connectivity index (χ4n) is 5.87. The lowest BCUT2D eigenvalue weighted by molar-refractivity contribution is -0.122. The molecule has 124 valence electrons. The Balaban J connectivity index is 1.78. The van der Waals surface area contributed by atoms with E-state index in [4.69, 9.17) is 16.3 Å². The van der Waals surface area contributed by atoms with Crippen LogP contribution in [0, 0.1) is 5.41 Å². The Morgan fingerprint density at radius 2 is 1.96 bits per heavy atom. The summed E-state index contributed by atoms with van der Waals surface area (Å²) in [7, 11) is 1.73. The molecule has 4 bridgehead atoms. The van der Waals surface area contributed by atoms with Crippen molar-refractivity contribution in [3.05, 3.63) is 29.3 Å². The maximum Gasteiger partial charge on any atom is 0.235 e. The molecule has 1 N–H and O–H groups in total. The third-order valence-electron chi connectivity index (χ3n) is 6.22. The highest BCUT2D eigenvalue weighted by Gasteiger charge is 2.55. The molecule has 4 heteroatoms.